The Morgan fingerprint density at radius 2 is 0.542 bits per heavy atom. The third-order valence-electron chi connectivity index (χ3n) is 5.24. The fraction of sp³-hybridized carbons (Fsp3) is 1.00. The molecule has 146 valence electrons. The number of rotatable bonds is 21. The molecule has 0 radical (unpaired) electrons. The van der Waals surface area contributed by atoms with Gasteiger partial charge in [0, 0.05) is 5.33 Å². The van der Waals surface area contributed by atoms with E-state index >= 15 is 0 Å². The average molecular weight is 404 g/mol. The molecule has 0 rings (SSSR count). The highest BCUT2D eigenvalue weighted by atomic mass is 79.9. The van der Waals surface area contributed by atoms with Crippen LogP contribution in [0.1, 0.15) is 142 Å². The zero-order valence-corrected chi connectivity index (χ0v) is 18.5. The number of halogens is 1. The molecule has 0 saturated heterocycles. The smallest absolute Gasteiger partial charge is 0.00313 e. The SMILES string of the molecule is CCCCCCCCCCCCCCCCCCCCCCCBr. The van der Waals surface area contributed by atoms with Crippen LogP contribution in [0.3, 0.4) is 0 Å². The van der Waals surface area contributed by atoms with Crippen LogP contribution in [-0.2, 0) is 0 Å². The molecular weight excluding hydrogens is 356 g/mol. The van der Waals surface area contributed by atoms with Gasteiger partial charge in [0.05, 0.1) is 0 Å². The van der Waals surface area contributed by atoms with Crippen LogP contribution in [0.15, 0.2) is 0 Å². The Morgan fingerprint density at radius 1 is 0.333 bits per heavy atom. The second kappa shape index (κ2) is 23.5. The van der Waals surface area contributed by atoms with Crippen LogP contribution in [-0.4, -0.2) is 5.33 Å². The van der Waals surface area contributed by atoms with E-state index in [9.17, 15) is 0 Å². The van der Waals surface area contributed by atoms with Gasteiger partial charge in [0.15, 0.2) is 0 Å². The van der Waals surface area contributed by atoms with Gasteiger partial charge in [0.1, 0.15) is 0 Å². The fourth-order valence-corrected chi connectivity index (χ4v) is 3.92. The van der Waals surface area contributed by atoms with Crippen molar-refractivity contribution in [3.8, 4) is 0 Å². The van der Waals surface area contributed by atoms with Crippen molar-refractivity contribution in [3.05, 3.63) is 0 Å². The van der Waals surface area contributed by atoms with Gasteiger partial charge < -0.3 is 0 Å². The maximum absolute atomic E-state index is 3.50. The summed E-state index contributed by atoms with van der Waals surface area (Å²) in [7, 11) is 0. The third kappa shape index (κ3) is 22.5. The highest BCUT2D eigenvalue weighted by Gasteiger charge is 1.95. The van der Waals surface area contributed by atoms with E-state index in [0.717, 1.165) is 0 Å². The van der Waals surface area contributed by atoms with Gasteiger partial charge in [-0.2, -0.15) is 0 Å². The molecule has 0 bridgehead atoms. The molecular formula is C23H47Br. The van der Waals surface area contributed by atoms with E-state index in [1.807, 2.05) is 0 Å². The minimum Gasteiger partial charge on any atom is -0.0928 e. The van der Waals surface area contributed by atoms with Crippen LogP contribution in [0.2, 0.25) is 0 Å². The van der Waals surface area contributed by atoms with Gasteiger partial charge in [0.25, 0.3) is 0 Å². The van der Waals surface area contributed by atoms with Crippen molar-refractivity contribution in [2.24, 2.45) is 0 Å². The predicted octanol–water partition coefficient (Wildman–Crippen LogP) is 9.59. The molecule has 0 atom stereocenters. The Balaban J connectivity index is 2.93. The van der Waals surface area contributed by atoms with Crippen molar-refractivity contribution in [2.75, 3.05) is 5.33 Å². The quantitative estimate of drug-likeness (QED) is 0.132. The maximum atomic E-state index is 3.50. The van der Waals surface area contributed by atoms with Gasteiger partial charge in [0.2, 0.25) is 0 Å². The van der Waals surface area contributed by atoms with Crippen molar-refractivity contribution in [1.29, 1.82) is 0 Å². The Morgan fingerprint density at radius 3 is 0.750 bits per heavy atom. The summed E-state index contributed by atoms with van der Waals surface area (Å²) >= 11 is 3.50. The fourth-order valence-electron chi connectivity index (χ4n) is 3.53. The van der Waals surface area contributed by atoms with Crippen LogP contribution >= 0.6 is 15.9 Å². The van der Waals surface area contributed by atoms with Crippen LogP contribution in [0.4, 0.5) is 0 Å². The molecule has 0 amide bonds. The second-order valence-electron chi connectivity index (χ2n) is 7.76. The van der Waals surface area contributed by atoms with Gasteiger partial charge in [-0.15, -0.1) is 0 Å². The Bertz CT molecular complexity index is 180. The van der Waals surface area contributed by atoms with Gasteiger partial charge in [-0.05, 0) is 6.42 Å². The van der Waals surface area contributed by atoms with Crippen LogP contribution in [0.5, 0.6) is 0 Å². The van der Waals surface area contributed by atoms with E-state index < -0.39 is 0 Å². The molecule has 0 aromatic heterocycles. The van der Waals surface area contributed by atoms with Crippen LogP contribution in [0.25, 0.3) is 0 Å². The van der Waals surface area contributed by atoms with Crippen molar-refractivity contribution < 1.29 is 0 Å². The van der Waals surface area contributed by atoms with Gasteiger partial charge >= 0.3 is 0 Å². The minimum atomic E-state index is 1.19. The first-order valence-corrected chi connectivity index (χ1v) is 12.6. The molecule has 0 aliphatic carbocycles. The van der Waals surface area contributed by atoms with E-state index in [0.29, 0.717) is 0 Å². The topological polar surface area (TPSA) is 0 Å². The molecule has 0 aliphatic heterocycles. The Labute approximate surface area is 163 Å². The van der Waals surface area contributed by atoms with E-state index in [4.69, 9.17) is 0 Å². The summed E-state index contributed by atoms with van der Waals surface area (Å²) in [6.45, 7) is 2.30. The lowest BCUT2D eigenvalue weighted by Crippen LogP contribution is -1.84. The largest absolute Gasteiger partial charge is 0.0928 e. The summed E-state index contributed by atoms with van der Waals surface area (Å²) < 4.78 is 0. The summed E-state index contributed by atoms with van der Waals surface area (Å²) in [4.78, 5) is 0. The number of hydrogen-bond acceptors (Lipinski definition) is 0. The highest BCUT2D eigenvalue weighted by Crippen LogP contribution is 2.15. The molecule has 0 saturated carbocycles. The van der Waals surface area contributed by atoms with Crippen LogP contribution in [0, 0.1) is 0 Å². The lowest BCUT2D eigenvalue weighted by Gasteiger charge is -2.04. The molecule has 0 spiro atoms. The van der Waals surface area contributed by atoms with E-state index in [1.165, 1.54) is 140 Å². The third-order valence-corrected chi connectivity index (χ3v) is 5.80. The molecule has 0 fully saturated rings. The second-order valence-corrected chi connectivity index (χ2v) is 8.55. The zero-order chi connectivity index (χ0) is 17.6. The lowest BCUT2D eigenvalue weighted by atomic mass is 10.0. The maximum Gasteiger partial charge on any atom is 0.00313 e. The molecule has 0 aromatic rings. The summed E-state index contributed by atoms with van der Waals surface area (Å²) in [5.41, 5.74) is 0. The summed E-state index contributed by atoms with van der Waals surface area (Å²) in [5.74, 6) is 0. The first kappa shape index (κ1) is 24.5. The Kier molecular flexibility index (Phi) is 23.9. The molecule has 0 unspecified atom stereocenters. The lowest BCUT2D eigenvalue weighted by molar-refractivity contribution is 0.521. The van der Waals surface area contributed by atoms with Crippen molar-refractivity contribution in [2.45, 2.75) is 142 Å². The molecule has 0 aromatic carbocycles. The first-order chi connectivity index (χ1) is 11.9. The number of hydrogen-bond donors (Lipinski definition) is 0. The van der Waals surface area contributed by atoms with E-state index in [1.54, 1.807) is 0 Å². The molecule has 0 N–H and O–H groups in total. The molecule has 24 heavy (non-hydrogen) atoms. The number of unbranched alkanes of at least 4 members (excludes halogenated alkanes) is 20. The average Bonchev–Trinajstić information content (AvgIpc) is 2.60. The summed E-state index contributed by atoms with van der Waals surface area (Å²) in [6.07, 6.45) is 30.8. The van der Waals surface area contributed by atoms with Crippen LogP contribution < -0.4 is 0 Å². The van der Waals surface area contributed by atoms with E-state index in [-0.39, 0.29) is 0 Å². The highest BCUT2D eigenvalue weighted by molar-refractivity contribution is 9.09. The zero-order valence-electron chi connectivity index (χ0n) is 16.9. The van der Waals surface area contributed by atoms with Gasteiger partial charge in [-0.3, -0.25) is 0 Å². The molecule has 0 heterocycles. The first-order valence-electron chi connectivity index (χ1n) is 11.5. The predicted molar refractivity (Wildman–Crippen MR) is 116 cm³/mol. The summed E-state index contributed by atoms with van der Waals surface area (Å²) in [6, 6.07) is 0. The van der Waals surface area contributed by atoms with Gasteiger partial charge in [-0.25, -0.2) is 0 Å². The standard InChI is InChI=1S/C23H47Br/c1-2-3-4-5-6-7-8-9-10-11-12-13-14-15-16-17-18-19-20-21-22-23-24/h2-23H2,1H3. The molecule has 0 nitrogen and oxygen atoms in total. The van der Waals surface area contributed by atoms with Crippen molar-refractivity contribution in [3.63, 3.8) is 0 Å². The van der Waals surface area contributed by atoms with E-state index in [2.05, 4.69) is 22.9 Å². The summed E-state index contributed by atoms with van der Waals surface area (Å²) in [5, 5.41) is 1.19. The Hall–Kier alpha value is 0.480. The molecule has 1 heteroatoms. The van der Waals surface area contributed by atoms with Crippen molar-refractivity contribution >= 4 is 15.9 Å². The monoisotopic (exact) mass is 402 g/mol. The minimum absolute atomic E-state index is 1.19. The normalized spacial score (nSPS) is 11.2. The molecule has 0 aliphatic rings. The van der Waals surface area contributed by atoms with Gasteiger partial charge in [-0.1, -0.05) is 151 Å². The number of alkyl halides is 1. The van der Waals surface area contributed by atoms with Crippen molar-refractivity contribution in [1.82, 2.24) is 0 Å².